The van der Waals surface area contributed by atoms with Crippen LogP contribution in [-0.2, 0) is 12.8 Å². The maximum absolute atomic E-state index is 2.36. The number of hydrogen-bond acceptors (Lipinski definition) is 0. The Labute approximate surface area is 185 Å². The van der Waals surface area contributed by atoms with Gasteiger partial charge in [0.2, 0.25) is 0 Å². The average molecular weight is 401 g/mol. The Morgan fingerprint density at radius 1 is 0.419 bits per heavy atom. The molecule has 0 saturated heterocycles. The van der Waals surface area contributed by atoms with Gasteiger partial charge in [0.15, 0.2) is 0 Å². The van der Waals surface area contributed by atoms with Crippen LogP contribution in [0.1, 0.15) is 75.6 Å². The largest absolute Gasteiger partial charge is 0.0620 e. The van der Waals surface area contributed by atoms with Gasteiger partial charge in [0.05, 0.1) is 0 Å². The Morgan fingerprint density at radius 3 is 1.03 bits per heavy atom. The molecule has 152 valence electrons. The van der Waals surface area contributed by atoms with Gasteiger partial charge in [-0.1, -0.05) is 103 Å². The highest BCUT2D eigenvalue weighted by atomic mass is 14.3. The van der Waals surface area contributed by atoms with Crippen molar-refractivity contribution in [3.05, 3.63) is 142 Å². The fourth-order valence-corrected chi connectivity index (χ4v) is 6.03. The summed E-state index contributed by atoms with van der Waals surface area (Å²) in [6.45, 7) is 0. The summed E-state index contributed by atoms with van der Waals surface area (Å²) in [4.78, 5) is 0. The van der Waals surface area contributed by atoms with Gasteiger partial charge in [-0.2, -0.15) is 0 Å². The van der Waals surface area contributed by atoms with E-state index < -0.39 is 0 Å². The monoisotopic (exact) mass is 400 g/mol. The molecule has 0 aromatic heterocycles. The molecule has 0 amide bonds. The molecule has 0 unspecified atom stereocenters. The van der Waals surface area contributed by atoms with Crippen molar-refractivity contribution in [3.8, 4) is 0 Å². The Hall–Kier alpha value is -3.12. The van der Waals surface area contributed by atoms with E-state index in [0.717, 1.165) is 12.8 Å². The smallest absolute Gasteiger partial charge is 0.00950 e. The molecule has 0 atom stereocenters. The zero-order chi connectivity index (χ0) is 20.6. The first-order valence-corrected chi connectivity index (χ1v) is 11.7. The molecule has 4 aromatic carbocycles. The van der Waals surface area contributed by atoms with Gasteiger partial charge in [0, 0.05) is 11.8 Å². The predicted molar refractivity (Wildman–Crippen MR) is 129 cm³/mol. The van der Waals surface area contributed by atoms with E-state index in [4.69, 9.17) is 0 Å². The van der Waals surface area contributed by atoms with Crippen molar-refractivity contribution in [2.75, 3.05) is 0 Å². The van der Waals surface area contributed by atoms with Crippen LogP contribution in [0.25, 0.3) is 0 Å². The maximum Gasteiger partial charge on any atom is 0.00950 e. The molecule has 0 spiro atoms. The van der Waals surface area contributed by atoms with Crippen molar-refractivity contribution in [3.63, 3.8) is 0 Å². The number of benzene rings is 4. The summed E-state index contributed by atoms with van der Waals surface area (Å²) in [5, 5.41) is 0. The van der Waals surface area contributed by atoms with E-state index in [-0.39, 0.29) is 0 Å². The van der Waals surface area contributed by atoms with Crippen molar-refractivity contribution in [2.24, 2.45) is 0 Å². The fourth-order valence-electron chi connectivity index (χ4n) is 6.03. The molecule has 2 aliphatic carbocycles. The Kier molecular flexibility index (Phi) is 4.72. The molecule has 0 fully saturated rings. The lowest BCUT2D eigenvalue weighted by Crippen LogP contribution is -2.16. The summed E-state index contributed by atoms with van der Waals surface area (Å²) in [5.74, 6) is 1.05. The maximum atomic E-state index is 2.36. The lowest BCUT2D eigenvalue weighted by Gasteiger charge is -2.31. The van der Waals surface area contributed by atoms with Crippen LogP contribution in [0.15, 0.2) is 97.1 Å². The Bertz CT molecular complexity index is 1040. The summed E-state index contributed by atoms with van der Waals surface area (Å²) in [6.07, 6.45) is 5.82. The van der Waals surface area contributed by atoms with Crippen molar-refractivity contribution < 1.29 is 0 Å². The highest BCUT2D eigenvalue weighted by Crippen LogP contribution is 2.43. The van der Waals surface area contributed by atoms with Crippen LogP contribution in [0.4, 0.5) is 0 Å². The second-order valence-electron chi connectivity index (χ2n) is 9.18. The molecular formula is C31H28. The first-order valence-electron chi connectivity index (χ1n) is 11.7. The van der Waals surface area contributed by atoms with Crippen molar-refractivity contribution in [1.29, 1.82) is 0 Å². The minimum Gasteiger partial charge on any atom is -0.0620 e. The topological polar surface area (TPSA) is 0 Å². The number of fused-ring (bicyclic) bond motifs is 4. The van der Waals surface area contributed by atoms with Crippen molar-refractivity contribution in [2.45, 2.75) is 43.9 Å². The third-order valence-corrected chi connectivity index (χ3v) is 7.47. The SMILES string of the molecule is c1ccc2c(c1)Cc1ccccc1C2CCCC1c2ccccc2Cc2ccccc21. The molecule has 0 aliphatic heterocycles. The molecule has 0 heterocycles. The van der Waals surface area contributed by atoms with Crippen LogP contribution in [0.5, 0.6) is 0 Å². The van der Waals surface area contributed by atoms with Crippen LogP contribution in [0.3, 0.4) is 0 Å². The average Bonchev–Trinajstić information content (AvgIpc) is 2.83. The lowest BCUT2D eigenvalue weighted by molar-refractivity contribution is 0.575. The zero-order valence-corrected chi connectivity index (χ0v) is 17.9. The molecule has 4 aromatic rings. The minimum atomic E-state index is 0.523. The summed E-state index contributed by atoms with van der Waals surface area (Å²) >= 11 is 0. The normalized spacial score (nSPS) is 15.0. The fraction of sp³-hybridized carbons (Fsp3) is 0.226. The molecule has 6 rings (SSSR count). The van der Waals surface area contributed by atoms with E-state index in [0.29, 0.717) is 11.8 Å². The second kappa shape index (κ2) is 7.85. The van der Waals surface area contributed by atoms with Crippen LogP contribution >= 0.6 is 0 Å². The molecule has 0 N–H and O–H groups in total. The van der Waals surface area contributed by atoms with Gasteiger partial charge in [0.1, 0.15) is 0 Å². The van der Waals surface area contributed by atoms with Crippen LogP contribution < -0.4 is 0 Å². The lowest BCUT2D eigenvalue weighted by atomic mass is 9.73. The summed E-state index contributed by atoms with van der Waals surface area (Å²) in [5.41, 5.74) is 12.2. The third-order valence-electron chi connectivity index (χ3n) is 7.47. The highest BCUT2D eigenvalue weighted by Gasteiger charge is 2.27. The Morgan fingerprint density at radius 2 is 0.710 bits per heavy atom. The first kappa shape index (κ1) is 18.6. The van der Waals surface area contributed by atoms with Crippen molar-refractivity contribution >= 4 is 0 Å². The van der Waals surface area contributed by atoms with Gasteiger partial charge in [-0.25, -0.2) is 0 Å². The van der Waals surface area contributed by atoms with Gasteiger partial charge in [-0.3, -0.25) is 0 Å². The third kappa shape index (κ3) is 3.31. The van der Waals surface area contributed by atoms with E-state index in [2.05, 4.69) is 97.1 Å². The minimum absolute atomic E-state index is 0.523. The van der Waals surface area contributed by atoms with E-state index >= 15 is 0 Å². The molecule has 31 heavy (non-hydrogen) atoms. The first-order chi connectivity index (χ1) is 15.4. The molecule has 2 aliphatic rings. The molecular weight excluding hydrogens is 372 g/mol. The predicted octanol–water partition coefficient (Wildman–Crippen LogP) is 7.63. The van der Waals surface area contributed by atoms with Gasteiger partial charge >= 0.3 is 0 Å². The quantitative estimate of drug-likeness (QED) is 0.330. The summed E-state index contributed by atoms with van der Waals surface area (Å²) in [7, 11) is 0. The van der Waals surface area contributed by atoms with Gasteiger partial charge in [-0.15, -0.1) is 0 Å². The highest BCUT2D eigenvalue weighted by molar-refractivity contribution is 5.50. The standard InChI is InChI=1S/C31H28/c1-5-14-26-22(10-1)20-23-11-2-6-15-27(23)30(26)18-9-19-31-28-16-7-3-12-24(28)21-25-13-4-8-17-29(25)31/h1-8,10-17,30-31H,9,18-21H2. The molecule has 0 nitrogen and oxygen atoms in total. The van der Waals surface area contributed by atoms with Gasteiger partial charge < -0.3 is 0 Å². The molecule has 0 heteroatoms. The van der Waals surface area contributed by atoms with E-state index in [9.17, 15) is 0 Å². The van der Waals surface area contributed by atoms with Gasteiger partial charge in [-0.05, 0) is 70.2 Å². The molecule has 0 bridgehead atoms. The van der Waals surface area contributed by atoms with E-state index in [1.807, 2.05) is 0 Å². The van der Waals surface area contributed by atoms with Crippen molar-refractivity contribution in [1.82, 2.24) is 0 Å². The molecule has 0 radical (unpaired) electrons. The van der Waals surface area contributed by atoms with Gasteiger partial charge in [0.25, 0.3) is 0 Å². The molecule has 0 saturated carbocycles. The zero-order valence-electron chi connectivity index (χ0n) is 17.9. The van der Waals surface area contributed by atoms with E-state index in [1.54, 1.807) is 22.3 Å². The number of hydrogen-bond donors (Lipinski definition) is 0. The van der Waals surface area contributed by atoms with Crippen LogP contribution in [0, 0.1) is 0 Å². The summed E-state index contributed by atoms with van der Waals surface area (Å²) in [6, 6.07) is 36.4. The number of rotatable bonds is 4. The Balaban J connectivity index is 1.29. The van der Waals surface area contributed by atoms with Crippen LogP contribution in [-0.4, -0.2) is 0 Å². The second-order valence-corrected chi connectivity index (χ2v) is 9.18. The van der Waals surface area contributed by atoms with Crippen LogP contribution in [0.2, 0.25) is 0 Å². The summed E-state index contributed by atoms with van der Waals surface area (Å²) < 4.78 is 0. The van der Waals surface area contributed by atoms with E-state index in [1.165, 1.54) is 41.5 Å².